The van der Waals surface area contributed by atoms with Gasteiger partial charge in [-0.25, -0.2) is 0 Å². The Balaban J connectivity index is 4.49. The van der Waals surface area contributed by atoms with E-state index in [0.29, 0.717) is 25.7 Å². The van der Waals surface area contributed by atoms with Crippen molar-refractivity contribution >= 4 is 17.9 Å². The van der Waals surface area contributed by atoms with Gasteiger partial charge in [0.2, 0.25) is 0 Å². The Morgan fingerprint density at radius 2 is 0.549 bits per heavy atom. The number of unbranched alkanes of at least 4 members (excludes halogenated alkanes) is 20. The van der Waals surface area contributed by atoms with Gasteiger partial charge in [0.15, 0.2) is 6.10 Å². The van der Waals surface area contributed by atoms with E-state index >= 15 is 0 Å². The number of rotatable bonds is 51. The summed E-state index contributed by atoms with van der Waals surface area (Å²) in [6.45, 7) is 6.36. The maximum absolute atomic E-state index is 12.9. The Hall–Kier alpha value is -4.19. The molecule has 0 aliphatic heterocycles. The lowest BCUT2D eigenvalue weighted by atomic mass is 10.0. The zero-order valence-electron chi connectivity index (χ0n) is 45.9. The minimum absolute atomic E-state index is 0.0990. The summed E-state index contributed by atoms with van der Waals surface area (Å²) in [5.41, 5.74) is 0. The van der Waals surface area contributed by atoms with Gasteiger partial charge >= 0.3 is 17.9 Å². The number of hydrogen-bond donors (Lipinski definition) is 0. The zero-order valence-corrected chi connectivity index (χ0v) is 45.9. The highest BCUT2D eigenvalue weighted by Gasteiger charge is 2.19. The summed E-state index contributed by atoms with van der Waals surface area (Å²) in [4.78, 5) is 38.2. The number of hydrogen-bond acceptors (Lipinski definition) is 6. The molecule has 0 fully saturated rings. The fourth-order valence-corrected chi connectivity index (χ4v) is 7.67. The van der Waals surface area contributed by atoms with Crippen LogP contribution in [0.1, 0.15) is 252 Å². The summed E-state index contributed by atoms with van der Waals surface area (Å²) in [5, 5.41) is 0. The molecule has 0 amide bonds. The second kappa shape index (κ2) is 58.4. The molecule has 402 valence electrons. The van der Waals surface area contributed by atoms with Crippen LogP contribution in [0.5, 0.6) is 0 Å². The Labute approximate surface area is 437 Å². The second-order valence-electron chi connectivity index (χ2n) is 18.8. The van der Waals surface area contributed by atoms with E-state index in [9.17, 15) is 14.4 Å². The standard InChI is InChI=1S/C65H106O6/c1-4-7-10-13-16-19-22-25-27-29-31-32-34-35-37-40-43-46-49-52-55-58-64(67)70-61-62(60-69-63(66)57-54-51-48-45-42-39-24-21-18-15-12-9-6-3)71-65(68)59-56-53-50-47-44-41-38-36-33-30-28-26-23-20-17-14-11-8-5-2/h7-8,10-11,16-17,19-20,25-28,31-33,35-37,43,46,62H,4-6,9,12-15,18,21-24,29-30,34,38-42,44-45,47-61H2,1-3H3/b10-7-,11-8-,19-16-,20-17-,27-25-,28-26-,32-31-,36-33-,37-35-,46-43-. The molecule has 0 aromatic carbocycles. The second-order valence-corrected chi connectivity index (χ2v) is 18.8. The molecule has 0 rings (SSSR count). The smallest absolute Gasteiger partial charge is 0.306 e. The SMILES string of the molecule is CC/C=C\C/C=C\C/C=C\C/C=C\C/C=C\C/C=C\CCCCC(=O)OCC(COC(=O)CCCCCCCCCCCCCCC)OC(=O)CCCCCCCC/C=C\C/C=C\C/C=C\C/C=C\CC. The molecule has 0 heterocycles. The van der Waals surface area contributed by atoms with E-state index in [1.165, 1.54) is 77.0 Å². The van der Waals surface area contributed by atoms with E-state index in [1.54, 1.807) is 0 Å². The third kappa shape index (κ3) is 56.6. The van der Waals surface area contributed by atoms with Gasteiger partial charge in [-0.2, -0.15) is 0 Å². The highest BCUT2D eigenvalue weighted by molar-refractivity contribution is 5.71. The lowest BCUT2D eigenvalue weighted by molar-refractivity contribution is -0.167. The fraction of sp³-hybridized carbons (Fsp3) is 0.646. The Morgan fingerprint density at radius 3 is 0.887 bits per heavy atom. The van der Waals surface area contributed by atoms with Gasteiger partial charge in [-0.1, -0.05) is 245 Å². The lowest BCUT2D eigenvalue weighted by Crippen LogP contribution is -2.30. The first-order valence-corrected chi connectivity index (χ1v) is 29.0. The molecule has 1 atom stereocenters. The largest absolute Gasteiger partial charge is 0.462 e. The number of esters is 3. The fourth-order valence-electron chi connectivity index (χ4n) is 7.67. The van der Waals surface area contributed by atoms with E-state index in [2.05, 4.69) is 142 Å². The number of ether oxygens (including phenoxy) is 3. The summed E-state index contributed by atoms with van der Waals surface area (Å²) in [7, 11) is 0. The Morgan fingerprint density at radius 1 is 0.296 bits per heavy atom. The maximum Gasteiger partial charge on any atom is 0.306 e. The molecular weight excluding hydrogens is 877 g/mol. The maximum atomic E-state index is 12.9. The number of carbonyl (C=O) groups excluding carboxylic acids is 3. The first kappa shape index (κ1) is 66.8. The van der Waals surface area contributed by atoms with E-state index in [4.69, 9.17) is 14.2 Å². The molecule has 6 heteroatoms. The first-order chi connectivity index (χ1) is 35.0. The van der Waals surface area contributed by atoms with Gasteiger partial charge in [0, 0.05) is 19.3 Å². The van der Waals surface area contributed by atoms with Gasteiger partial charge in [0.25, 0.3) is 0 Å². The molecule has 71 heavy (non-hydrogen) atoms. The summed E-state index contributed by atoms with van der Waals surface area (Å²) < 4.78 is 16.8. The van der Waals surface area contributed by atoms with E-state index < -0.39 is 6.10 Å². The van der Waals surface area contributed by atoms with Crippen molar-refractivity contribution in [3.8, 4) is 0 Å². The summed E-state index contributed by atoms with van der Waals surface area (Å²) in [5.74, 6) is -0.958. The zero-order chi connectivity index (χ0) is 51.4. The van der Waals surface area contributed by atoms with Crippen LogP contribution in [-0.4, -0.2) is 37.2 Å². The van der Waals surface area contributed by atoms with E-state index in [-0.39, 0.29) is 31.1 Å². The van der Waals surface area contributed by atoms with Gasteiger partial charge < -0.3 is 14.2 Å². The molecule has 0 aromatic heterocycles. The highest BCUT2D eigenvalue weighted by atomic mass is 16.6. The average Bonchev–Trinajstić information content (AvgIpc) is 3.37. The van der Waals surface area contributed by atoms with Crippen LogP contribution in [-0.2, 0) is 28.6 Å². The van der Waals surface area contributed by atoms with Crippen LogP contribution in [0.3, 0.4) is 0 Å². The highest BCUT2D eigenvalue weighted by Crippen LogP contribution is 2.15. The van der Waals surface area contributed by atoms with Crippen molar-refractivity contribution in [1.82, 2.24) is 0 Å². The van der Waals surface area contributed by atoms with E-state index in [0.717, 1.165) is 128 Å². The number of allylic oxidation sites excluding steroid dienone is 20. The third-order valence-corrected chi connectivity index (χ3v) is 12.0. The summed E-state index contributed by atoms with van der Waals surface area (Å²) >= 11 is 0. The molecule has 0 bridgehead atoms. The predicted molar refractivity (Wildman–Crippen MR) is 306 cm³/mol. The Kier molecular flexibility index (Phi) is 54.9. The third-order valence-electron chi connectivity index (χ3n) is 12.0. The van der Waals surface area contributed by atoms with E-state index in [1.807, 2.05) is 0 Å². The van der Waals surface area contributed by atoms with Crippen LogP contribution in [0.25, 0.3) is 0 Å². The van der Waals surface area contributed by atoms with Crippen molar-refractivity contribution in [2.24, 2.45) is 0 Å². The molecule has 0 radical (unpaired) electrons. The van der Waals surface area contributed by atoms with Gasteiger partial charge in [-0.15, -0.1) is 0 Å². The molecule has 0 aromatic rings. The molecule has 0 N–H and O–H groups in total. The van der Waals surface area contributed by atoms with Gasteiger partial charge in [-0.05, 0) is 109 Å². The van der Waals surface area contributed by atoms with Crippen LogP contribution in [0.15, 0.2) is 122 Å². The van der Waals surface area contributed by atoms with Crippen LogP contribution in [0.2, 0.25) is 0 Å². The quantitative estimate of drug-likeness (QED) is 0.0261. The molecule has 6 nitrogen and oxygen atoms in total. The van der Waals surface area contributed by atoms with Gasteiger partial charge in [0.1, 0.15) is 13.2 Å². The van der Waals surface area contributed by atoms with Crippen LogP contribution in [0.4, 0.5) is 0 Å². The Bertz CT molecular complexity index is 1500. The molecule has 0 aliphatic carbocycles. The summed E-state index contributed by atoms with van der Waals surface area (Å²) in [6.07, 6.45) is 80.4. The minimum Gasteiger partial charge on any atom is -0.462 e. The molecule has 0 saturated heterocycles. The van der Waals surface area contributed by atoms with Crippen LogP contribution in [0, 0.1) is 0 Å². The van der Waals surface area contributed by atoms with Crippen molar-refractivity contribution in [2.75, 3.05) is 13.2 Å². The summed E-state index contributed by atoms with van der Waals surface area (Å²) in [6, 6.07) is 0. The molecule has 0 spiro atoms. The van der Waals surface area contributed by atoms with Crippen LogP contribution >= 0.6 is 0 Å². The molecule has 0 saturated carbocycles. The lowest BCUT2D eigenvalue weighted by Gasteiger charge is -2.18. The molecule has 1 unspecified atom stereocenters. The van der Waals surface area contributed by atoms with Crippen molar-refractivity contribution < 1.29 is 28.6 Å². The van der Waals surface area contributed by atoms with Crippen molar-refractivity contribution in [3.63, 3.8) is 0 Å². The number of carbonyl (C=O) groups is 3. The van der Waals surface area contributed by atoms with Gasteiger partial charge in [0.05, 0.1) is 0 Å². The van der Waals surface area contributed by atoms with Crippen LogP contribution < -0.4 is 0 Å². The monoisotopic (exact) mass is 983 g/mol. The molecule has 0 aliphatic rings. The topological polar surface area (TPSA) is 78.9 Å². The predicted octanol–water partition coefficient (Wildman–Crippen LogP) is 19.6. The van der Waals surface area contributed by atoms with Gasteiger partial charge in [-0.3, -0.25) is 14.4 Å². The van der Waals surface area contributed by atoms with Crippen molar-refractivity contribution in [2.45, 2.75) is 258 Å². The van der Waals surface area contributed by atoms with Crippen molar-refractivity contribution in [1.29, 1.82) is 0 Å². The average molecular weight is 984 g/mol. The van der Waals surface area contributed by atoms with Crippen molar-refractivity contribution in [3.05, 3.63) is 122 Å². The first-order valence-electron chi connectivity index (χ1n) is 29.0. The minimum atomic E-state index is -0.806. The molecular formula is C65H106O6. The normalized spacial score (nSPS) is 13.0.